The average molecular weight is 380 g/mol. The van der Waals surface area contributed by atoms with Crippen molar-refractivity contribution in [2.45, 2.75) is 39.8 Å². The Kier molecular flexibility index (Phi) is 4.66. The van der Waals surface area contributed by atoms with Gasteiger partial charge in [0.05, 0.1) is 23.5 Å². The van der Waals surface area contributed by atoms with Gasteiger partial charge in [-0.3, -0.25) is 4.79 Å². The monoisotopic (exact) mass is 380 g/mol. The predicted molar refractivity (Wildman–Crippen MR) is 106 cm³/mol. The van der Waals surface area contributed by atoms with Gasteiger partial charge in [-0.05, 0) is 51.5 Å². The first kappa shape index (κ1) is 18.3. The molecule has 7 nitrogen and oxygen atoms in total. The summed E-state index contributed by atoms with van der Waals surface area (Å²) in [6.45, 7) is 8.99. The van der Waals surface area contributed by atoms with E-state index in [1.165, 1.54) is 0 Å². The van der Waals surface area contributed by atoms with E-state index in [1.807, 2.05) is 42.8 Å². The summed E-state index contributed by atoms with van der Waals surface area (Å²) >= 11 is 0. The Hall–Kier alpha value is -3.09. The number of aryl methyl sites for hydroxylation is 1. The number of hydrogen-bond acceptors (Lipinski definition) is 5. The van der Waals surface area contributed by atoms with Crippen molar-refractivity contribution in [2.75, 3.05) is 13.2 Å². The normalized spacial score (nSPS) is 14.3. The minimum atomic E-state index is -0.184. The number of pyridine rings is 1. The summed E-state index contributed by atoms with van der Waals surface area (Å²) in [6, 6.07) is 7.62. The molecule has 1 N–H and O–H groups in total. The molecule has 7 heteroatoms. The molecule has 0 aliphatic carbocycles. The highest BCUT2D eigenvalue weighted by Gasteiger charge is 2.19. The molecule has 0 unspecified atom stereocenters. The van der Waals surface area contributed by atoms with Crippen molar-refractivity contribution in [3.05, 3.63) is 47.3 Å². The summed E-state index contributed by atoms with van der Waals surface area (Å²) in [5, 5.41) is 8.29. The molecule has 0 radical (unpaired) electrons. The molecule has 1 aromatic carbocycles. The highest BCUT2D eigenvalue weighted by atomic mass is 16.6. The third-order valence-corrected chi connectivity index (χ3v) is 4.91. The van der Waals surface area contributed by atoms with Gasteiger partial charge in [0, 0.05) is 11.4 Å². The van der Waals surface area contributed by atoms with Crippen LogP contribution in [0.3, 0.4) is 0 Å². The summed E-state index contributed by atoms with van der Waals surface area (Å²) in [4.78, 5) is 17.5. The van der Waals surface area contributed by atoms with Crippen LogP contribution in [0.25, 0.3) is 11.0 Å². The number of carbonyl (C=O) groups is 1. The minimum Gasteiger partial charge on any atom is -0.486 e. The Bertz CT molecular complexity index is 1040. The Labute approximate surface area is 163 Å². The van der Waals surface area contributed by atoms with E-state index in [9.17, 15) is 4.79 Å². The summed E-state index contributed by atoms with van der Waals surface area (Å²) in [7, 11) is 0. The fraction of sp³-hybridized carbons (Fsp3) is 0.381. The molecule has 146 valence electrons. The molecule has 3 heterocycles. The summed E-state index contributed by atoms with van der Waals surface area (Å²) < 4.78 is 13.1. The maximum atomic E-state index is 12.9. The zero-order valence-electron chi connectivity index (χ0n) is 16.5. The van der Waals surface area contributed by atoms with Gasteiger partial charge in [-0.25, -0.2) is 9.67 Å². The molecule has 0 saturated carbocycles. The van der Waals surface area contributed by atoms with Crippen molar-refractivity contribution in [3.63, 3.8) is 0 Å². The van der Waals surface area contributed by atoms with Crippen LogP contribution in [-0.2, 0) is 0 Å². The molecule has 0 saturated heterocycles. The molecule has 0 bridgehead atoms. The minimum absolute atomic E-state index is 0.161. The third kappa shape index (κ3) is 3.28. The fourth-order valence-electron chi connectivity index (χ4n) is 3.36. The lowest BCUT2D eigenvalue weighted by molar-refractivity contribution is 0.0939. The highest BCUT2D eigenvalue weighted by Crippen LogP contribution is 2.32. The molecule has 1 amide bonds. The maximum Gasteiger partial charge on any atom is 0.253 e. The zero-order valence-corrected chi connectivity index (χ0v) is 16.5. The maximum absolute atomic E-state index is 12.9. The van der Waals surface area contributed by atoms with Crippen molar-refractivity contribution in [1.29, 1.82) is 0 Å². The Balaban J connectivity index is 1.57. The molecule has 4 rings (SSSR count). The summed E-state index contributed by atoms with van der Waals surface area (Å²) in [5.41, 5.74) is 2.99. The molecule has 3 aromatic rings. The molecule has 1 aliphatic rings. The van der Waals surface area contributed by atoms with E-state index in [2.05, 4.69) is 29.2 Å². The van der Waals surface area contributed by atoms with Gasteiger partial charge in [0.15, 0.2) is 17.1 Å². The SMILES string of the molecule is Cc1nc2c(cnn2C(C)C)cc1C(=O)N[C@@H](C)c1ccc2c(c1)OCCO2. The first-order chi connectivity index (χ1) is 13.4. The van der Waals surface area contributed by atoms with E-state index >= 15 is 0 Å². The van der Waals surface area contributed by atoms with Gasteiger partial charge in [0.1, 0.15) is 13.2 Å². The van der Waals surface area contributed by atoms with E-state index in [-0.39, 0.29) is 18.0 Å². The smallest absolute Gasteiger partial charge is 0.253 e. The lowest BCUT2D eigenvalue weighted by Gasteiger charge is -2.21. The van der Waals surface area contributed by atoms with E-state index in [0.29, 0.717) is 30.2 Å². The summed E-state index contributed by atoms with van der Waals surface area (Å²) in [6.07, 6.45) is 1.75. The van der Waals surface area contributed by atoms with Gasteiger partial charge in [0.2, 0.25) is 0 Å². The van der Waals surface area contributed by atoms with E-state index in [1.54, 1.807) is 6.20 Å². The van der Waals surface area contributed by atoms with Crippen LogP contribution in [0.5, 0.6) is 11.5 Å². The Morgan fingerprint density at radius 3 is 2.64 bits per heavy atom. The van der Waals surface area contributed by atoms with E-state index in [4.69, 9.17) is 9.47 Å². The van der Waals surface area contributed by atoms with Crippen LogP contribution in [0.15, 0.2) is 30.5 Å². The standard InChI is InChI=1S/C21H24N4O3/c1-12(2)25-20-16(11-22-25)9-17(14(4)23-20)21(26)24-13(3)15-5-6-18-19(10-15)28-8-7-27-18/h5-6,9-13H,7-8H2,1-4H3,(H,24,26)/t13-/m0/s1. The van der Waals surface area contributed by atoms with Gasteiger partial charge >= 0.3 is 0 Å². The van der Waals surface area contributed by atoms with Crippen LogP contribution in [0.1, 0.15) is 54.5 Å². The quantitative estimate of drug-likeness (QED) is 0.748. The van der Waals surface area contributed by atoms with Crippen LogP contribution >= 0.6 is 0 Å². The molecule has 0 spiro atoms. The highest BCUT2D eigenvalue weighted by molar-refractivity contribution is 5.98. The largest absolute Gasteiger partial charge is 0.486 e. The van der Waals surface area contributed by atoms with Crippen molar-refractivity contribution >= 4 is 16.9 Å². The van der Waals surface area contributed by atoms with Gasteiger partial charge < -0.3 is 14.8 Å². The number of aromatic nitrogens is 3. The average Bonchev–Trinajstić information content (AvgIpc) is 3.09. The van der Waals surface area contributed by atoms with Gasteiger partial charge in [-0.15, -0.1) is 0 Å². The number of hydrogen-bond donors (Lipinski definition) is 1. The molecular formula is C21H24N4O3. The van der Waals surface area contributed by atoms with Crippen molar-refractivity contribution in [3.8, 4) is 11.5 Å². The second-order valence-corrected chi connectivity index (χ2v) is 7.32. The van der Waals surface area contributed by atoms with Crippen LogP contribution < -0.4 is 14.8 Å². The zero-order chi connectivity index (χ0) is 19.8. The lowest BCUT2D eigenvalue weighted by Crippen LogP contribution is -2.27. The first-order valence-electron chi connectivity index (χ1n) is 9.49. The number of fused-ring (bicyclic) bond motifs is 2. The third-order valence-electron chi connectivity index (χ3n) is 4.91. The second kappa shape index (κ2) is 7.14. The molecule has 1 aliphatic heterocycles. The van der Waals surface area contributed by atoms with Crippen molar-refractivity contribution in [2.24, 2.45) is 0 Å². The number of nitrogens with zero attached hydrogens (tertiary/aromatic N) is 3. The Morgan fingerprint density at radius 2 is 1.89 bits per heavy atom. The number of carbonyl (C=O) groups excluding carboxylic acids is 1. The second-order valence-electron chi connectivity index (χ2n) is 7.32. The molecular weight excluding hydrogens is 356 g/mol. The topological polar surface area (TPSA) is 78.3 Å². The Morgan fingerprint density at radius 1 is 1.14 bits per heavy atom. The van der Waals surface area contributed by atoms with Crippen molar-refractivity contribution < 1.29 is 14.3 Å². The number of nitrogens with one attached hydrogen (secondary N) is 1. The molecule has 2 aromatic heterocycles. The van der Waals surface area contributed by atoms with Crippen LogP contribution in [-0.4, -0.2) is 33.9 Å². The van der Waals surface area contributed by atoms with Crippen LogP contribution in [0.2, 0.25) is 0 Å². The number of benzene rings is 1. The van der Waals surface area contributed by atoms with E-state index < -0.39 is 0 Å². The first-order valence-corrected chi connectivity index (χ1v) is 9.49. The van der Waals surface area contributed by atoms with Gasteiger partial charge in [0.25, 0.3) is 5.91 Å². The number of rotatable bonds is 4. The predicted octanol–water partition coefficient (Wildman–Crippen LogP) is 3.58. The van der Waals surface area contributed by atoms with E-state index in [0.717, 1.165) is 22.3 Å². The molecule has 1 atom stereocenters. The molecule has 28 heavy (non-hydrogen) atoms. The van der Waals surface area contributed by atoms with Crippen molar-refractivity contribution in [1.82, 2.24) is 20.1 Å². The lowest BCUT2D eigenvalue weighted by atomic mass is 10.1. The number of amides is 1. The van der Waals surface area contributed by atoms with Gasteiger partial charge in [-0.2, -0.15) is 5.10 Å². The summed E-state index contributed by atoms with van der Waals surface area (Å²) in [5.74, 6) is 1.29. The van der Waals surface area contributed by atoms with Gasteiger partial charge in [-0.1, -0.05) is 6.07 Å². The fourth-order valence-corrected chi connectivity index (χ4v) is 3.36. The van der Waals surface area contributed by atoms with Crippen LogP contribution in [0.4, 0.5) is 0 Å². The number of ether oxygens (including phenoxy) is 2. The van der Waals surface area contributed by atoms with Crippen LogP contribution in [0, 0.1) is 6.92 Å². The molecule has 0 fully saturated rings.